The lowest BCUT2D eigenvalue weighted by atomic mass is 9.84. The third kappa shape index (κ3) is 5.12. The quantitative estimate of drug-likeness (QED) is 0.176. The van der Waals surface area contributed by atoms with E-state index in [2.05, 4.69) is 164 Å². The molecule has 52 heavy (non-hydrogen) atoms. The number of nitriles is 1. The maximum absolute atomic E-state index is 10.2. The van der Waals surface area contributed by atoms with E-state index in [1.54, 1.807) is 0 Å². The molecule has 8 aromatic carbocycles. The average molecular weight is 696 g/mol. The second-order valence-corrected chi connectivity index (χ2v) is 15.3. The van der Waals surface area contributed by atoms with Gasteiger partial charge < -0.3 is 0 Å². The van der Waals surface area contributed by atoms with Crippen molar-refractivity contribution in [3.05, 3.63) is 181 Å². The van der Waals surface area contributed by atoms with Gasteiger partial charge >= 0.3 is 0 Å². The summed E-state index contributed by atoms with van der Waals surface area (Å²) in [5, 5.41) is 15.3. The molecule has 0 bridgehead atoms. The lowest BCUT2D eigenvalue weighted by Crippen LogP contribution is -1.93. The van der Waals surface area contributed by atoms with E-state index >= 15 is 0 Å². The fourth-order valence-electron chi connectivity index (χ4n) is 7.69. The van der Waals surface area contributed by atoms with Crippen LogP contribution in [0, 0.1) is 11.3 Å². The molecule has 0 radical (unpaired) electrons. The molecule has 2 aromatic heterocycles. The Labute approximate surface area is 309 Å². The monoisotopic (exact) mass is 695 g/mol. The summed E-state index contributed by atoms with van der Waals surface area (Å²) in [7, 11) is 0. The molecule has 0 aliphatic heterocycles. The van der Waals surface area contributed by atoms with E-state index in [1.807, 2.05) is 40.9 Å². The minimum atomic E-state index is 0.664. The zero-order valence-corrected chi connectivity index (χ0v) is 29.6. The Morgan fingerprint density at radius 2 is 0.885 bits per heavy atom. The van der Waals surface area contributed by atoms with E-state index in [4.69, 9.17) is 0 Å². The Bertz CT molecular complexity index is 3030. The number of hydrogen-bond acceptors (Lipinski definition) is 3. The van der Waals surface area contributed by atoms with Crippen LogP contribution < -0.4 is 0 Å². The number of thiophene rings is 2. The molecule has 0 atom stereocenters. The van der Waals surface area contributed by atoms with Gasteiger partial charge in [-0.3, -0.25) is 0 Å². The van der Waals surface area contributed by atoms with Gasteiger partial charge in [-0.2, -0.15) is 5.26 Å². The molecular formula is C49H29NS2. The molecule has 0 N–H and O–H groups in total. The summed E-state index contributed by atoms with van der Waals surface area (Å²) in [6.07, 6.45) is 0. The Hall–Kier alpha value is -6.31. The lowest BCUT2D eigenvalue weighted by molar-refractivity contribution is 1.47. The number of hydrogen-bond donors (Lipinski definition) is 0. The van der Waals surface area contributed by atoms with Crippen molar-refractivity contribution in [3.8, 4) is 61.7 Å². The normalized spacial score (nSPS) is 11.4. The van der Waals surface area contributed by atoms with Crippen molar-refractivity contribution in [2.45, 2.75) is 0 Å². The summed E-state index contributed by atoms with van der Waals surface area (Å²) in [6.45, 7) is 0. The molecule has 10 rings (SSSR count). The van der Waals surface area contributed by atoms with Gasteiger partial charge in [-0.05, 0) is 110 Å². The molecule has 1 nitrogen and oxygen atoms in total. The maximum atomic E-state index is 10.2. The van der Waals surface area contributed by atoms with E-state index < -0.39 is 0 Å². The van der Waals surface area contributed by atoms with E-state index in [1.165, 1.54) is 68.2 Å². The van der Waals surface area contributed by atoms with Crippen molar-refractivity contribution in [2.24, 2.45) is 0 Å². The molecule has 0 spiro atoms. The van der Waals surface area contributed by atoms with Crippen molar-refractivity contribution in [2.75, 3.05) is 0 Å². The Morgan fingerprint density at radius 3 is 1.67 bits per heavy atom. The van der Waals surface area contributed by atoms with Gasteiger partial charge in [0.1, 0.15) is 0 Å². The predicted octanol–water partition coefficient (Wildman–Crippen LogP) is 14.6. The Balaban J connectivity index is 1.28. The summed E-state index contributed by atoms with van der Waals surface area (Å²) in [4.78, 5) is 0. The summed E-state index contributed by atoms with van der Waals surface area (Å²) >= 11 is 3.70. The zero-order valence-electron chi connectivity index (χ0n) is 28.0. The minimum Gasteiger partial charge on any atom is -0.192 e. The molecule has 0 unspecified atom stereocenters. The topological polar surface area (TPSA) is 23.8 Å². The van der Waals surface area contributed by atoms with Gasteiger partial charge in [0.15, 0.2) is 0 Å². The van der Waals surface area contributed by atoms with Crippen molar-refractivity contribution in [3.63, 3.8) is 0 Å². The van der Waals surface area contributed by atoms with E-state index in [-0.39, 0.29) is 0 Å². The highest BCUT2D eigenvalue weighted by molar-refractivity contribution is 7.26. The van der Waals surface area contributed by atoms with Gasteiger partial charge in [-0.1, -0.05) is 121 Å². The molecule has 0 fully saturated rings. The predicted molar refractivity (Wildman–Crippen MR) is 224 cm³/mol. The van der Waals surface area contributed by atoms with Crippen LogP contribution in [0.3, 0.4) is 0 Å². The van der Waals surface area contributed by atoms with Crippen molar-refractivity contribution >= 4 is 63.0 Å². The molecule has 0 amide bonds. The zero-order chi connectivity index (χ0) is 34.6. The number of fused-ring (bicyclic) bond motifs is 6. The van der Waals surface area contributed by atoms with Crippen molar-refractivity contribution < 1.29 is 0 Å². The third-order valence-electron chi connectivity index (χ3n) is 10.1. The fraction of sp³-hybridized carbons (Fsp3) is 0. The maximum Gasteiger partial charge on any atom is 0.0998 e. The number of nitrogens with zero attached hydrogens (tertiary/aromatic N) is 1. The van der Waals surface area contributed by atoms with Crippen LogP contribution in [0.4, 0.5) is 0 Å². The molecule has 0 aliphatic carbocycles. The van der Waals surface area contributed by atoms with Gasteiger partial charge in [-0.25, -0.2) is 0 Å². The summed E-state index contributed by atoms with van der Waals surface area (Å²) < 4.78 is 5.18. The highest BCUT2D eigenvalue weighted by Crippen LogP contribution is 2.46. The van der Waals surface area contributed by atoms with Gasteiger partial charge in [0, 0.05) is 40.3 Å². The highest BCUT2D eigenvalue weighted by atomic mass is 32.1. The van der Waals surface area contributed by atoms with Crippen LogP contribution >= 0.6 is 22.7 Å². The number of rotatable bonds is 5. The highest BCUT2D eigenvalue weighted by Gasteiger charge is 2.19. The minimum absolute atomic E-state index is 0.664. The van der Waals surface area contributed by atoms with Gasteiger partial charge in [0.2, 0.25) is 0 Å². The molecule has 3 heteroatoms. The van der Waals surface area contributed by atoms with Crippen LogP contribution in [-0.2, 0) is 0 Å². The molecule has 0 saturated heterocycles. The van der Waals surface area contributed by atoms with Crippen LogP contribution in [0.2, 0.25) is 0 Å². The first-order valence-corrected chi connectivity index (χ1v) is 19.0. The second-order valence-electron chi connectivity index (χ2n) is 13.2. The standard InChI is InChI=1S/C49H29NS2/c50-30-34-13-4-5-14-38(34)36-25-35(31-11-2-1-3-12-31)26-37(27-36)49-39(32-22-24-47-44(28-32)42-16-7-9-20-46(42)51-47)17-10-18-40(49)33-21-23-43-41-15-6-8-19-45(41)52-48(43)29-33/h1-29H. The third-order valence-corrected chi connectivity index (χ3v) is 12.4. The SMILES string of the molecule is N#Cc1ccccc1-c1cc(-c2ccccc2)cc(-c2c(-c3ccc4c(c3)sc3ccccc34)cccc2-c2ccc3sc4ccccc4c3c2)c1. The van der Waals surface area contributed by atoms with Crippen LogP contribution in [-0.4, -0.2) is 0 Å². The first kappa shape index (κ1) is 30.5. The molecule has 10 aromatic rings. The van der Waals surface area contributed by atoms with Crippen LogP contribution in [0.5, 0.6) is 0 Å². The summed E-state index contributed by atoms with van der Waals surface area (Å²) in [6, 6.07) is 65.8. The Kier molecular flexibility index (Phi) is 7.32. The first-order chi connectivity index (χ1) is 25.7. The molecule has 242 valence electrons. The summed E-state index contributed by atoms with van der Waals surface area (Å²) in [5.41, 5.74) is 11.9. The first-order valence-electron chi connectivity index (χ1n) is 17.4. The van der Waals surface area contributed by atoms with Gasteiger partial charge in [0.25, 0.3) is 0 Å². The van der Waals surface area contributed by atoms with Crippen molar-refractivity contribution in [1.82, 2.24) is 0 Å². The smallest absolute Gasteiger partial charge is 0.0998 e. The van der Waals surface area contributed by atoms with E-state index in [0.717, 1.165) is 27.8 Å². The van der Waals surface area contributed by atoms with E-state index in [9.17, 15) is 5.26 Å². The average Bonchev–Trinajstić information content (AvgIpc) is 3.78. The summed E-state index contributed by atoms with van der Waals surface area (Å²) in [5.74, 6) is 0. The lowest BCUT2D eigenvalue weighted by Gasteiger charge is -2.19. The van der Waals surface area contributed by atoms with Crippen LogP contribution in [0.25, 0.3) is 96.0 Å². The van der Waals surface area contributed by atoms with Gasteiger partial charge in [-0.15, -0.1) is 22.7 Å². The molecule has 2 heterocycles. The molecule has 0 saturated carbocycles. The fourth-order valence-corrected chi connectivity index (χ4v) is 9.92. The second kappa shape index (κ2) is 12.5. The molecular weight excluding hydrogens is 667 g/mol. The number of benzene rings is 8. The van der Waals surface area contributed by atoms with Gasteiger partial charge in [0.05, 0.1) is 11.6 Å². The van der Waals surface area contributed by atoms with E-state index in [0.29, 0.717) is 5.56 Å². The largest absolute Gasteiger partial charge is 0.192 e. The van der Waals surface area contributed by atoms with Crippen molar-refractivity contribution in [1.29, 1.82) is 5.26 Å². The Morgan fingerprint density at radius 1 is 0.327 bits per heavy atom. The van der Waals surface area contributed by atoms with Crippen LogP contribution in [0.15, 0.2) is 176 Å². The molecule has 0 aliphatic rings. The van der Waals surface area contributed by atoms with Crippen LogP contribution in [0.1, 0.15) is 5.56 Å².